The van der Waals surface area contributed by atoms with Crippen molar-refractivity contribution in [1.29, 1.82) is 0 Å². The average molecular weight is 303 g/mol. The lowest BCUT2D eigenvalue weighted by Crippen LogP contribution is -2.23. The first-order chi connectivity index (χ1) is 10.1. The molecule has 2 rings (SSSR count). The molecule has 0 radical (unpaired) electrons. The number of thioether (sulfide) groups is 1. The normalized spacial score (nSPS) is 12.4. The monoisotopic (exact) mass is 303 g/mol. The van der Waals surface area contributed by atoms with Gasteiger partial charge in [-0.1, -0.05) is 48.4 Å². The Morgan fingerprint density at radius 1 is 1.10 bits per heavy atom. The average Bonchev–Trinajstić information content (AvgIpc) is 2.44. The summed E-state index contributed by atoms with van der Waals surface area (Å²) >= 11 is 1.56. The van der Waals surface area contributed by atoms with Gasteiger partial charge < -0.3 is 5.32 Å². The molecule has 1 atom stereocenters. The predicted molar refractivity (Wildman–Crippen MR) is 89.5 cm³/mol. The van der Waals surface area contributed by atoms with Gasteiger partial charge in [0, 0.05) is 16.7 Å². The van der Waals surface area contributed by atoms with Crippen LogP contribution in [0.2, 0.25) is 0 Å². The molecule has 0 aliphatic heterocycles. The van der Waals surface area contributed by atoms with E-state index in [4.69, 9.17) is 0 Å². The molecule has 0 aromatic heterocycles. The zero-order chi connectivity index (χ0) is 15.2. The van der Waals surface area contributed by atoms with Gasteiger partial charge in [0.15, 0.2) is 0 Å². The fraction of sp³-hybridized carbons (Fsp3) is 0.333. The van der Waals surface area contributed by atoms with Crippen LogP contribution in [-0.2, 0) is 0 Å². The van der Waals surface area contributed by atoms with Gasteiger partial charge in [0.1, 0.15) is 5.82 Å². The van der Waals surface area contributed by atoms with E-state index in [9.17, 15) is 4.39 Å². The van der Waals surface area contributed by atoms with E-state index >= 15 is 0 Å². The lowest BCUT2D eigenvalue weighted by molar-refractivity contribution is 0.595. The molecular weight excluding hydrogens is 281 g/mol. The number of nitrogens with one attached hydrogen (secondary N) is 1. The molecule has 21 heavy (non-hydrogen) atoms. The molecule has 1 unspecified atom stereocenters. The first kappa shape index (κ1) is 16.1. The Morgan fingerprint density at radius 2 is 1.76 bits per heavy atom. The van der Waals surface area contributed by atoms with Crippen molar-refractivity contribution < 1.29 is 4.39 Å². The maximum absolute atomic E-state index is 13.7. The van der Waals surface area contributed by atoms with Gasteiger partial charge in [-0.15, -0.1) is 11.8 Å². The number of hydrogen-bond acceptors (Lipinski definition) is 2. The molecule has 2 aromatic rings. The zero-order valence-corrected chi connectivity index (χ0v) is 13.6. The second kappa shape index (κ2) is 7.62. The van der Waals surface area contributed by atoms with Crippen LogP contribution in [0.25, 0.3) is 0 Å². The van der Waals surface area contributed by atoms with Gasteiger partial charge in [-0.2, -0.15) is 0 Å². The summed E-state index contributed by atoms with van der Waals surface area (Å²) in [6.45, 7) is 7.23. The number of rotatable bonds is 6. The molecule has 1 N–H and O–H groups in total. The van der Waals surface area contributed by atoms with Crippen molar-refractivity contribution in [2.24, 2.45) is 0 Å². The minimum atomic E-state index is -0.141. The first-order valence-corrected chi connectivity index (χ1v) is 8.27. The van der Waals surface area contributed by atoms with E-state index in [-0.39, 0.29) is 11.9 Å². The second-order valence-corrected chi connectivity index (χ2v) is 6.33. The van der Waals surface area contributed by atoms with Crippen LogP contribution < -0.4 is 5.32 Å². The van der Waals surface area contributed by atoms with Crippen molar-refractivity contribution in [2.75, 3.05) is 12.3 Å². The van der Waals surface area contributed by atoms with Gasteiger partial charge in [-0.25, -0.2) is 4.39 Å². The standard InChI is InChI=1S/C18H22FNS/c1-4-20-17(15-10-13(2)9-14(3)11-15)12-21-18-8-6-5-7-16(18)19/h5-11,17,20H,4,12H2,1-3H3. The van der Waals surface area contributed by atoms with Gasteiger partial charge >= 0.3 is 0 Å². The predicted octanol–water partition coefficient (Wildman–Crippen LogP) is 4.89. The van der Waals surface area contributed by atoms with E-state index in [1.165, 1.54) is 22.8 Å². The molecule has 0 heterocycles. The zero-order valence-electron chi connectivity index (χ0n) is 12.8. The van der Waals surface area contributed by atoms with Crippen LogP contribution in [0, 0.1) is 19.7 Å². The Morgan fingerprint density at radius 3 is 2.38 bits per heavy atom. The molecule has 0 saturated carbocycles. The summed E-state index contributed by atoms with van der Waals surface area (Å²) in [7, 11) is 0. The molecule has 0 aliphatic carbocycles. The van der Waals surface area contributed by atoms with Gasteiger partial charge in [-0.05, 0) is 38.1 Å². The van der Waals surface area contributed by atoms with Gasteiger partial charge in [-0.3, -0.25) is 0 Å². The van der Waals surface area contributed by atoms with Gasteiger partial charge in [0.25, 0.3) is 0 Å². The minimum Gasteiger partial charge on any atom is -0.309 e. The fourth-order valence-corrected chi connectivity index (χ4v) is 3.50. The highest BCUT2D eigenvalue weighted by Crippen LogP contribution is 2.27. The van der Waals surface area contributed by atoms with E-state index < -0.39 is 0 Å². The Kier molecular flexibility index (Phi) is 5.83. The lowest BCUT2D eigenvalue weighted by Gasteiger charge is -2.19. The largest absolute Gasteiger partial charge is 0.309 e. The molecule has 112 valence electrons. The molecule has 0 aliphatic rings. The Bertz CT molecular complexity index is 577. The molecule has 0 bridgehead atoms. The summed E-state index contributed by atoms with van der Waals surface area (Å²) in [5.41, 5.74) is 3.81. The van der Waals surface area contributed by atoms with Crippen LogP contribution in [0.4, 0.5) is 4.39 Å². The van der Waals surface area contributed by atoms with Gasteiger partial charge in [0.2, 0.25) is 0 Å². The second-order valence-electron chi connectivity index (χ2n) is 5.27. The summed E-state index contributed by atoms with van der Waals surface area (Å²) in [5.74, 6) is 0.677. The Labute approximate surface area is 131 Å². The smallest absolute Gasteiger partial charge is 0.136 e. The molecule has 0 spiro atoms. The van der Waals surface area contributed by atoms with Crippen LogP contribution >= 0.6 is 11.8 Å². The van der Waals surface area contributed by atoms with E-state index in [1.807, 2.05) is 12.1 Å². The summed E-state index contributed by atoms with van der Waals surface area (Å²) < 4.78 is 13.7. The highest BCUT2D eigenvalue weighted by Gasteiger charge is 2.13. The van der Waals surface area contributed by atoms with Crippen molar-refractivity contribution >= 4 is 11.8 Å². The number of aryl methyl sites for hydroxylation is 2. The summed E-state index contributed by atoms with van der Waals surface area (Å²) in [5, 5.41) is 3.50. The molecule has 1 nitrogen and oxygen atoms in total. The first-order valence-electron chi connectivity index (χ1n) is 7.29. The van der Waals surface area contributed by atoms with Crippen molar-refractivity contribution in [2.45, 2.75) is 31.7 Å². The topological polar surface area (TPSA) is 12.0 Å². The third kappa shape index (κ3) is 4.58. The number of benzene rings is 2. The Hall–Kier alpha value is -1.32. The van der Waals surface area contributed by atoms with Crippen molar-refractivity contribution in [3.05, 3.63) is 65.0 Å². The van der Waals surface area contributed by atoms with E-state index in [0.717, 1.165) is 12.3 Å². The Balaban J connectivity index is 2.14. The maximum atomic E-state index is 13.7. The van der Waals surface area contributed by atoms with E-state index in [1.54, 1.807) is 17.8 Å². The number of halogens is 1. The van der Waals surface area contributed by atoms with Crippen molar-refractivity contribution in [3.63, 3.8) is 0 Å². The molecule has 0 saturated heterocycles. The molecule has 0 amide bonds. The molecular formula is C18H22FNS. The highest BCUT2D eigenvalue weighted by molar-refractivity contribution is 7.99. The summed E-state index contributed by atoms with van der Waals surface area (Å²) in [6, 6.07) is 13.8. The third-order valence-electron chi connectivity index (χ3n) is 3.34. The third-order valence-corrected chi connectivity index (χ3v) is 4.48. The van der Waals surface area contributed by atoms with E-state index in [2.05, 4.69) is 44.3 Å². The molecule has 2 aromatic carbocycles. The van der Waals surface area contributed by atoms with Crippen LogP contribution in [0.15, 0.2) is 47.4 Å². The van der Waals surface area contributed by atoms with Gasteiger partial charge in [0.05, 0.1) is 0 Å². The highest BCUT2D eigenvalue weighted by atomic mass is 32.2. The minimum absolute atomic E-state index is 0.141. The van der Waals surface area contributed by atoms with Crippen LogP contribution in [-0.4, -0.2) is 12.3 Å². The summed E-state index contributed by atoms with van der Waals surface area (Å²) in [6.07, 6.45) is 0. The fourth-order valence-electron chi connectivity index (χ4n) is 2.47. The quantitative estimate of drug-likeness (QED) is 0.763. The maximum Gasteiger partial charge on any atom is 0.136 e. The molecule has 3 heteroatoms. The lowest BCUT2D eigenvalue weighted by atomic mass is 10.0. The van der Waals surface area contributed by atoms with Crippen molar-refractivity contribution in [1.82, 2.24) is 5.32 Å². The van der Waals surface area contributed by atoms with Crippen LogP contribution in [0.3, 0.4) is 0 Å². The van der Waals surface area contributed by atoms with Crippen molar-refractivity contribution in [3.8, 4) is 0 Å². The summed E-state index contributed by atoms with van der Waals surface area (Å²) in [4.78, 5) is 0.713. The molecule has 0 fully saturated rings. The van der Waals surface area contributed by atoms with E-state index in [0.29, 0.717) is 4.90 Å². The van der Waals surface area contributed by atoms with Crippen LogP contribution in [0.5, 0.6) is 0 Å². The SMILES string of the molecule is CCNC(CSc1ccccc1F)c1cc(C)cc(C)c1. The number of hydrogen-bond donors (Lipinski definition) is 1. The van der Waals surface area contributed by atoms with Crippen LogP contribution in [0.1, 0.15) is 29.7 Å².